The molecule has 1 amide bonds. The molecule has 0 saturated heterocycles. The molecule has 0 bridgehead atoms. The number of hydrogen-bond donors (Lipinski definition) is 2. The second-order valence-electron chi connectivity index (χ2n) is 6.81. The van der Waals surface area contributed by atoms with Gasteiger partial charge >= 0.3 is 0 Å². The minimum atomic E-state index is -0.0843. The summed E-state index contributed by atoms with van der Waals surface area (Å²) in [6.07, 6.45) is 1.67. The van der Waals surface area contributed by atoms with Gasteiger partial charge in [-0.25, -0.2) is 4.98 Å². The molecule has 2 aromatic carbocycles. The molecule has 6 heteroatoms. The van der Waals surface area contributed by atoms with Gasteiger partial charge in [0.25, 0.3) is 0 Å². The van der Waals surface area contributed by atoms with E-state index in [0.29, 0.717) is 13.1 Å². The number of amides is 1. The van der Waals surface area contributed by atoms with E-state index in [-0.39, 0.29) is 18.3 Å². The maximum Gasteiger partial charge on any atom is 0.230 e. The molecule has 0 spiro atoms. The first kappa shape index (κ1) is 20.2. The molecule has 28 heavy (non-hydrogen) atoms. The van der Waals surface area contributed by atoms with Crippen LogP contribution in [0.5, 0.6) is 0 Å². The van der Waals surface area contributed by atoms with Crippen molar-refractivity contribution in [1.82, 2.24) is 14.9 Å². The highest BCUT2D eigenvalue weighted by Gasteiger charge is 2.12. The van der Waals surface area contributed by atoms with Gasteiger partial charge in [0.15, 0.2) is 5.16 Å². The zero-order valence-corrected chi connectivity index (χ0v) is 17.0. The van der Waals surface area contributed by atoms with E-state index >= 15 is 0 Å². The number of rotatable bonds is 8. The van der Waals surface area contributed by atoms with Crippen LogP contribution >= 0.6 is 11.8 Å². The van der Waals surface area contributed by atoms with Crippen molar-refractivity contribution in [2.75, 3.05) is 5.75 Å². The number of imidazole rings is 1. The summed E-state index contributed by atoms with van der Waals surface area (Å²) in [5, 5.41) is 13.3. The van der Waals surface area contributed by atoms with E-state index in [1.165, 1.54) is 22.9 Å². The van der Waals surface area contributed by atoms with Crippen LogP contribution in [0.1, 0.15) is 27.9 Å². The first-order valence-corrected chi connectivity index (χ1v) is 10.2. The van der Waals surface area contributed by atoms with Crippen molar-refractivity contribution < 1.29 is 9.90 Å². The highest BCUT2D eigenvalue weighted by Crippen LogP contribution is 2.20. The normalized spacial score (nSPS) is 10.8. The van der Waals surface area contributed by atoms with Crippen LogP contribution in [-0.2, 0) is 24.5 Å². The summed E-state index contributed by atoms with van der Waals surface area (Å²) < 4.78 is 1.96. The SMILES string of the molecule is Cc1ccc(CNC(=O)CSc2ncc(CO)n2Cc2ccc(C)cc2)cc1. The quantitative estimate of drug-likeness (QED) is 0.573. The summed E-state index contributed by atoms with van der Waals surface area (Å²) in [4.78, 5) is 16.6. The molecule has 3 aromatic rings. The molecular weight excluding hydrogens is 370 g/mol. The van der Waals surface area contributed by atoms with Crippen molar-refractivity contribution in [2.24, 2.45) is 0 Å². The third-order valence-electron chi connectivity index (χ3n) is 4.47. The van der Waals surface area contributed by atoms with E-state index in [4.69, 9.17) is 0 Å². The highest BCUT2D eigenvalue weighted by molar-refractivity contribution is 7.99. The summed E-state index contributed by atoms with van der Waals surface area (Å²) in [6, 6.07) is 16.4. The Morgan fingerprint density at radius 1 is 1.04 bits per heavy atom. The Kier molecular flexibility index (Phi) is 6.90. The van der Waals surface area contributed by atoms with Gasteiger partial charge in [-0.3, -0.25) is 4.79 Å². The minimum Gasteiger partial charge on any atom is -0.390 e. The zero-order valence-electron chi connectivity index (χ0n) is 16.2. The van der Waals surface area contributed by atoms with E-state index in [2.05, 4.69) is 41.5 Å². The van der Waals surface area contributed by atoms with Crippen LogP contribution < -0.4 is 5.32 Å². The molecule has 146 valence electrons. The second kappa shape index (κ2) is 9.57. The number of aliphatic hydroxyl groups is 1. The van der Waals surface area contributed by atoms with Crippen molar-refractivity contribution in [2.45, 2.75) is 38.7 Å². The predicted octanol–water partition coefficient (Wildman–Crippen LogP) is 3.45. The van der Waals surface area contributed by atoms with Crippen molar-refractivity contribution in [1.29, 1.82) is 0 Å². The Bertz CT molecular complexity index is 918. The van der Waals surface area contributed by atoms with E-state index in [1.54, 1.807) is 6.20 Å². The Morgan fingerprint density at radius 3 is 2.25 bits per heavy atom. The lowest BCUT2D eigenvalue weighted by molar-refractivity contribution is -0.118. The van der Waals surface area contributed by atoms with Crippen LogP contribution in [0.3, 0.4) is 0 Å². The predicted molar refractivity (Wildman–Crippen MR) is 112 cm³/mol. The third kappa shape index (κ3) is 5.47. The molecule has 1 aromatic heterocycles. The van der Waals surface area contributed by atoms with Gasteiger partial charge in [-0.1, -0.05) is 71.4 Å². The van der Waals surface area contributed by atoms with Gasteiger partial charge in [0.1, 0.15) is 0 Å². The molecule has 5 nitrogen and oxygen atoms in total. The van der Waals surface area contributed by atoms with Gasteiger partial charge in [-0.05, 0) is 25.0 Å². The number of nitrogens with one attached hydrogen (secondary N) is 1. The number of aromatic nitrogens is 2. The molecule has 0 atom stereocenters. The van der Waals surface area contributed by atoms with Gasteiger partial charge in [0.2, 0.25) is 5.91 Å². The van der Waals surface area contributed by atoms with E-state index in [0.717, 1.165) is 22.0 Å². The molecule has 3 rings (SSSR count). The first-order chi connectivity index (χ1) is 13.5. The van der Waals surface area contributed by atoms with Crippen LogP contribution in [0.15, 0.2) is 59.9 Å². The fourth-order valence-electron chi connectivity index (χ4n) is 2.77. The van der Waals surface area contributed by atoms with Crippen molar-refractivity contribution >= 4 is 17.7 Å². The van der Waals surface area contributed by atoms with Crippen molar-refractivity contribution in [3.05, 3.63) is 82.7 Å². The summed E-state index contributed by atoms with van der Waals surface area (Å²) >= 11 is 1.38. The maximum absolute atomic E-state index is 12.2. The van der Waals surface area contributed by atoms with E-state index < -0.39 is 0 Å². The van der Waals surface area contributed by atoms with Crippen LogP contribution in [0.25, 0.3) is 0 Å². The van der Waals surface area contributed by atoms with Crippen LogP contribution in [-0.4, -0.2) is 26.3 Å². The van der Waals surface area contributed by atoms with Gasteiger partial charge in [-0.15, -0.1) is 0 Å². The molecular formula is C22H25N3O2S. The van der Waals surface area contributed by atoms with Crippen LogP contribution in [0.2, 0.25) is 0 Å². The molecule has 0 aliphatic heterocycles. The van der Waals surface area contributed by atoms with Gasteiger partial charge < -0.3 is 15.0 Å². The fraction of sp³-hybridized carbons (Fsp3) is 0.273. The fourth-order valence-corrected chi connectivity index (χ4v) is 3.59. The lowest BCUT2D eigenvalue weighted by Crippen LogP contribution is -2.24. The molecule has 0 aliphatic carbocycles. The maximum atomic E-state index is 12.2. The molecule has 0 unspecified atom stereocenters. The molecule has 0 aliphatic rings. The largest absolute Gasteiger partial charge is 0.390 e. The monoisotopic (exact) mass is 395 g/mol. The molecule has 2 N–H and O–H groups in total. The number of aryl methyl sites for hydroxylation is 2. The molecule has 0 saturated carbocycles. The Hall–Kier alpha value is -2.57. The smallest absolute Gasteiger partial charge is 0.230 e. The summed E-state index contributed by atoms with van der Waals surface area (Å²) in [5.74, 6) is 0.239. The summed E-state index contributed by atoms with van der Waals surface area (Å²) in [6.45, 7) is 5.14. The first-order valence-electron chi connectivity index (χ1n) is 9.21. The number of aliphatic hydroxyl groups excluding tert-OH is 1. The minimum absolute atomic E-state index is 0.0407. The topological polar surface area (TPSA) is 67.2 Å². The van der Waals surface area contributed by atoms with Gasteiger partial charge in [0.05, 0.1) is 24.3 Å². The molecule has 0 fully saturated rings. The van der Waals surface area contributed by atoms with Crippen LogP contribution in [0.4, 0.5) is 0 Å². The third-order valence-corrected chi connectivity index (χ3v) is 5.46. The Balaban J connectivity index is 1.59. The van der Waals surface area contributed by atoms with Gasteiger partial charge in [0, 0.05) is 13.1 Å². The lowest BCUT2D eigenvalue weighted by Gasteiger charge is -2.11. The summed E-state index contributed by atoms with van der Waals surface area (Å²) in [5.41, 5.74) is 5.35. The number of carbonyl (C=O) groups is 1. The van der Waals surface area contributed by atoms with Gasteiger partial charge in [-0.2, -0.15) is 0 Å². The van der Waals surface area contributed by atoms with E-state index in [9.17, 15) is 9.90 Å². The number of benzene rings is 2. The number of nitrogens with zero attached hydrogens (tertiary/aromatic N) is 2. The highest BCUT2D eigenvalue weighted by atomic mass is 32.2. The number of hydrogen-bond acceptors (Lipinski definition) is 4. The number of carbonyl (C=O) groups excluding carboxylic acids is 1. The zero-order chi connectivity index (χ0) is 19.9. The number of thioether (sulfide) groups is 1. The standard InChI is InChI=1S/C22H25N3O2S/c1-16-3-7-18(8-4-16)11-23-21(27)15-28-22-24-12-20(14-26)25(22)13-19-9-5-17(2)6-10-19/h3-10,12,26H,11,13-15H2,1-2H3,(H,23,27). The van der Waals surface area contributed by atoms with Crippen molar-refractivity contribution in [3.63, 3.8) is 0 Å². The van der Waals surface area contributed by atoms with E-state index in [1.807, 2.05) is 35.8 Å². The molecule has 1 heterocycles. The summed E-state index contributed by atoms with van der Waals surface area (Å²) in [7, 11) is 0. The average Bonchev–Trinajstić information content (AvgIpc) is 3.09. The van der Waals surface area contributed by atoms with Crippen LogP contribution in [0, 0.1) is 13.8 Å². The average molecular weight is 396 g/mol. The lowest BCUT2D eigenvalue weighted by atomic mass is 10.1. The Labute approximate surface area is 169 Å². The Morgan fingerprint density at radius 2 is 1.64 bits per heavy atom. The van der Waals surface area contributed by atoms with Crippen molar-refractivity contribution in [3.8, 4) is 0 Å². The molecule has 0 radical (unpaired) electrons. The second-order valence-corrected chi connectivity index (χ2v) is 7.76.